The van der Waals surface area contributed by atoms with E-state index in [1.54, 1.807) is 6.92 Å². The van der Waals surface area contributed by atoms with Gasteiger partial charge in [0.1, 0.15) is 0 Å². The Morgan fingerprint density at radius 3 is 2.68 bits per heavy atom. The summed E-state index contributed by atoms with van der Waals surface area (Å²) in [7, 11) is -3.87. The van der Waals surface area contributed by atoms with Crippen LogP contribution in [0.4, 0.5) is 8.78 Å². The maximum absolute atomic E-state index is 13.1. The van der Waals surface area contributed by atoms with Crippen molar-refractivity contribution >= 4 is 10.0 Å². The van der Waals surface area contributed by atoms with Crippen molar-refractivity contribution in [1.29, 1.82) is 0 Å². The number of benzene rings is 1. The van der Waals surface area contributed by atoms with Gasteiger partial charge in [-0.05, 0) is 38.0 Å². The molecule has 0 aromatic heterocycles. The normalized spacial score (nSPS) is 21.5. The second kappa shape index (κ2) is 5.52. The summed E-state index contributed by atoms with van der Waals surface area (Å²) in [5, 5.41) is 0. The van der Waals surface area contributed by atoms with E-state index in [2.05, 4.69) is 4.72 Å². The Balaban J connectivity index is 2.15. The van der Waals surface area contributed by atoms with Crippen molar-refractivity contribution in [1.82, 2.24) is 4.72 Å². The monoisotopic (exact) mass is 291 g/mol. The van der Waals surface area contributed by atoms with Crippen molar-refractivity contribution in [2.24, 2.45) is 0 Å². The fraction of sp³-hybridized carbons (Fsp3) is 0.500. The molecule has 7 heteroatoms. The number of sulfonamides is 1. The van der Waals surface area contributed by atoms with Gasteiger partial charge in [-0.25, -0.2) is 21.9 Å². The topological polar surface area (TPSA) is 55.4 Å². The molecule has 1 aromatic carbocycles. The van der Waals surface area contributed by atoms with E-state index >= 15 is 0 Å². The third-order valence-electron chi connectivity index (χ3n) is 3.06. The lowest BCUT2D eigenvalue weighted by molar-refractivity contribution is 0.0902. The van der Waals surface area contributed by atoms with Gasteiger partial charge >= 0.3 is 0 Å². The van der Waals surface area contributed by atoms with Crippen LogP contribution in [0.25, 0.3) is 0 Å². The average Bonchev–Trinajstić information content (AvgIpc) is 2.85. The van der Waals surface area contributed by atoms with Crippen LogP contribution in [0.3, 0.4) is 0 Å². The fourth-order valence-corrected chi connectivity index (χ4v) is 3.31. The van der Waals surface area contributed by atoms with E-state index in [0.717, 1.165) is 25.0 Å². The fourth-order valence-electron chi connectivity index (χ4n) is 2.03. The zero-order chi connectivity index (χ0) is 14.0. The third kappa shape index (κ3) is 3.29. The van der Waals surface area contributed by atoms with Crippen LogP contribution in [0.1, 0.15) is 19.8 Å². The van der Waals surface area contributed by atoms with Crippen molar-refractivity contribution in [2.45, 2.75) is 36.8 Å². The summed E-state index contributed by atoms with van der Waals surface area (Å²) in [4.78, 5) is -0.295. The van der Waals surface area contributed by atoms with Crippen molar-refractivity contribution < 1.29 is 21.9 Å². The van der Waals surface area contributed by atoms with Crippen LogP contribution in [0, 0.1) is 11.6 Å². The van der Waals surface area contributed by atoms with Crippen LogP contribution < -0.4 is 4.72 Å². The average molecular weight is 291 g/mol. The van der Waals surface area contributed by atoms with Gasteiger partial charge in [-0.15, -0.1) is 0 Å². The summed E-state index contributed by atoms with van der Waals surface area (Å²) in [6.07, 6.45) is 1.49. The van der Waals surface area contributed by atoms with Crippen LogP contribution >= 0.6 is 0 Å². The predicted molar refractivity (Wildman–Crippen MR) is 65.1 cm³/mol. The largest absolute Gasteiger partial charge is 0.377 e. The maximum atomic E-state index is 13.1. The van der Waals surface area contributed by atoms with Crippen molar-refractivity contribution in [2.75, 3.05) is 6.61 Å². The van der Waals surface area contributed by atoms with Gasteiger partial charge in [0.05, 0.1) is 11.0 Å². The summed E-state index contributed by atoms with van der Waals surface area (Å²) in [6, 6.07) is 2.07. The summed E-state index contributed by atoms with van der Waals surface area (Å²) in [6.45, 7) is 2.30. The predicted octanol–water partition coefficient (Wildman–Crippen LogP) is 1.81. The minimum absolute atomic E-state index is 0.180. The molecule has 1 aliphatic heterocycles. The highest BCUT2D eigenvalue weighted by Gasteiger charge is 2.27. The molecule has 0 aliphatic carbocycles. The molecule has 4 nitrogen and oxygen atoms in total. The summed E-state index contributed by atoms with van der Waals surface area (Å²) in [5.41, 5.74) is 0. The highest BCUT2D eigenvalue weighted by Crippen LogP contribution is 2.18. The molecule has 106 valence electrons. The Morgan fingerprint density at radius 2 is 2.11 bits per heavy atom. The smallest absolute Gasteiger partial charge is 0.241 e. The van der Waals surface area contributed by atoms with E-state index in [9.17, 15) is 17.2 Å². The Bertz CT molecular complexity index is 556. The Labute approximate surface area is 110 Å². The molecule has 0 amide bonds. The van der Waals surface area contributed by atoms with Crippen molar-refractivity contribution in [3.8, 4) is 0 Å². The number of halogens is 2. The quantitative estimate of drug-likeness (QED) is 0.920. The van der Waals surface area contributed by atoms with Gasteiger partial charge in [0.15, 0.2) is 11.6 Å². The molecule has 19 heavy (non-hydrogen) atoms. The van der Waals surface area contributed by atoms with Gasteiger partial charge in [0, 0.05) is 12.6 Å². The van der Waals surface area contributed by atoms with Crippen LogP contribution in [-0.2, 0) is 14.8 Å². The lowest BCUT2D eigenvalue weighted by Crippen LogP contribution is -2.40. The summed E-state index contributed by atoms with van der Waals surface area (Å²) >= 11 is 0. The molecule has 1 N–H and O–H groups in total. The molecule has 2 rings (SSSR count). The van der Waals surface area contributed by atoms with Gasteiger partial charge in [-0.3, -0.25) is 0 Å². The minimum Gasteiger partial charge on any atom is -0.377 e. The number of hydrogen-bond acceptors (Lipinski definition) is 3. The third-order valence-corrected chi connectivity index (χ3v) is 4.62. The lowest BCUT2D eigenvalue weighted by Gasteiger charge is -2.19. The van der Waals surface area contributed by atoms with Gasteiger partial charge < -0.3 is 4.74 Å². The molecular formula is C12H15F2NO3S. The SMILES string of the molecule is C[C@H](NS(=O)(=O)c1ccc(F)c(F)c1)[C@@H]1CCCO1. The first kappa shape index (κ1) is 14.4. The molecule has 0 radical (unpaired) electrons. The molecule has 0 spiro atoms. The number of rotatable bonds is 4. The van der Waals surface area contributed by atoms with Crippen molar-refractivity contribution in [3.05, 3.63) is 29.8 Å². The zero-order valence-corrected chi connectivity index (χ0v) is 11.2. The second-order valence-corrected chi connectivity index (χ2v) is 6.25. The van der Waals surface area contributed by atoms with Crippen molar-refractivity contribution in [3.63, 3.8) is 0 Å². The number of nitrogens with one attached hydrogen (secondary N) is 1. The first-order valence-electron chi connectivity index (χ1n) is 5.99. The van der Waals surface area contributed by atoms with Gasteiger partial charge in [-0.2, -0.15) is 0 Å². The zero-order valence-electron chi connectivity index (χ0n) is 10.4. The number of ether oxygens (including phenoxy) is 1. The van der Waals surface area contributed by atoms with Crippen LogP contribution in [0.15, 0.2) is 23.1 Å². The molecular weight excluding hydrogens is 276 g/mol. The molecule has 0 bridgehead atoms. The Kier molecular flexibility index (Phi) is 4.17. The van der Waals surface area contributed by atoms with Gasteiger partial charge in [0.25, 0.3) is 0 Å². The summed E-state index contributed by atoms with van der Waals surface area (Å²) in [5.74, 6) is -2.27. The first-order valence-corrected chi connectivity index (χ1v) is 7.47. The molecule has 2 atom stereocenters. The standard InChI is InChI=1S/C12H15F2NO3S/c1-8(12-3-2-6-18-12)15-19(16,17)9-4-5-10(13)11(14)7-9/h4-5,7-8,12,15H,2-3,6H2,1H3/t8-,12-/m0/s1. The highest BCUT2D eigenvalue weighted by molar-refractivity contribution is 7.89. The molecule has 1 aromatic rings. The lowest BCUT2D eigenvalue weighted by atomic mass is 10.1. The molecule has 1 fully saturated rings. The number of hydrogen-bond donors (Lipinski definition) is 1. The second-order valence-electron chi connectivity index (χ2n) is 4.54. The maximum Gasteiger partial charge on any atom is 0.241 e. The van der Waals surface area contributed by atoms with E-state index in [1.807, 2.05) is 0 Å². The van der Waals surface area contributed by atoms with Crippen LogP contribution in [0.2, 0.25) is 0 Å². The van der Waals surface area contributed by atoms with E-state index in [4.69, 9.17) is 4.74 Å². The van der Waals surface area contributed by atoms with E-state index < -0.39 is 27.7 Å². The van der Waals surface area contributed by atoms with E-state index in [-0.39, 0.29) is 11.0 Å². The Hall–Kier alpha value is -1.05. The summed E-state index contributed by atoms with van der Waals surface area (Å²) < 4.78 is 57.7. The first-order chi connectivity index (χ1) is 8.90. The highest BCUT2D eigenvalue weighted by atomic mass is 32.2. The van der Waals surface area contributed by atoms with E-state index in [1.165, 1.54) is 0 Å². The molecule has 1 saturated heterocycles. The van der Waals surface area contributed by atoms with Gasteiger partial charge in [0.2, 0.25) is 10.0 Å². The van der Waals surface area contributed by atoms with Gasteiger partial charge in [-0.1, -0.05) is 0 Å². The van der Waals surface area contributed by atoms with Crippen LogP contribution in [-0.4, -0.2) is 27.2 Å². The molecule has 1 heterocycles. The Morgan fingerprint density at radius 1 is 1.37 bits per heavy atom. The minimum atomic E-state index is -3.87. The molecule has 1 aliphatic rings. The molecule has 0 unspecified atom stereocenters. The molecule has 0 saturated carbocycles. The van der Waals surface area contributed by atoms with E-state index in [0.29, 0.717) is 12.7 Å². The van der Waals surface area contributed by atoms with Crippen LogP contribution in [0.5, 0.6) is 0 Å².